The molecule has 4 nitrogen and oxygen atoms in total. The van der Waals surface area contributed by atoms with Crippen molar-refractivity contribution < 1.29 is 19.1 Å². The van der Waals surface area contributed by atoms with Crippen molar-refractivity contribution in [3.8, 4) is 0 Å². The normalized spacial score (nSPS) is 25.3. The van der Waals surface area contributed by atoms with Gasteiger partial charge in [0, 0.05) is 12.7 Å². The molecular weight excluding hydrogens is 304 g/mol. The van der Waals surface area contributed by atoms with Crippen LogP contribution in [0.25, 0.3) is 0 Å². The average Bonchev–Trinajstić information content (AvgIpc) is 2.56. The van der Waals surface area contributed by atoms with Gasteiger partial charge in [-0.15, -0.1) is 0 Å². The predicted octanol–water partition coefficient (Wildman–Crippen LogP) is 3.89. The van der Waals surface area contributed by atoms with E-state index < -0.39 is 12.1 Å². The fourth-order valence-corrected chi connectivity index (χ4v) is 3.53. The lowest BCUT2D eigenvalue weighted by molar-refractivity contribution is -0.164. The Kier molecular flexibility index (Phi) is 6.55. The zero-order chi connectivity index (χ0) is 17.7. The minimum atomic E-state index is -1.20. The van der Waals surface area contributed by atoms with Crippen molar-refractivity contribution in [3.63, 3.8) is 0 Å². The molecule has 2 rings (SSSR count). The van der Waals surface area contributed by atoms with Crippen molar-refractivity contribution in [2.24, 2.45) is 17.8 Å². The maximum Gasteiger partial charge on any atom is 0.343 e. The Hall–Kier alpha value is -1.68. The van der Waals surface area contributed by atoms with E-state index >= 15 is 0 Å². The van der Waals surface area contributed by atoms with Gasteiger partial charge in [-0.25, -0.2) is 4.79 Å². The van der Waals surface area contributed by atoms with Crippen LogP contribution in [-0.2, 0) is 14.3 Å². The molecule has 1 aromatic carbocycles. The molecule has 0 aliphatic heterocycles. The number of rotatable bonds is 6. The lowest BCUT2D eigenvalue weighted by Gasteiger charge is -2.37. The number of benzene rings is 1. The highest BCUT2D eigenvalue weighted by molar-refractivity contribution is 6.11. The van der Waals surface area contributed by atoms with Crippen LogP contribution < -0.4 is 0 Å². The molecule has 1 fully saturated rings. The molecular formula is C20H28O4. The molecule has 4 heteroatoms. The zero-order valence-corrected chi connectivity index (χ0v) is 15.0. The maximum absolute atomic E-state index is 12.6. The summed E-state index contributed by atoms with van der Waals surface area (Å²) in [5, 5.41) is 0. The Morgan fingerprint density at radius 2 is 1.79 bits per heavy atom. The number of carbonyl (C=O) groups is 2. The van der Waals surface area contributed by atoms with Gasteiger partial charge in [-0.2, -0.15) is 0 Å². The smallest absolute Gasteiger partial charge is 0.343 e. The first-order chi connectivity index (χ1) is 11.4. The van der Waals surface area contributed by atoms with E-state index in [0.717, 1.165) is 19.3 Å². The summed E-state index contributed by atoms with van der Waals surface area (Å²) in [5.41, 5.74) is 0.457. The molecule has 0 radical (unpaired) electrons. The van der Waals surface area contributed by atoms with E-state index in [1.807, 2.05) is 6.07 Å². The Morgan fingerprint density at radius 3 is 2.38 bits per heavy atom. The van der Waals surface area contributed by atoms with Gasteiger partial charge in [-0.1, -0.05) is 57.5 Å². The van der Waals surface area contributed by atoms with Gasteiger partial charge in [0.1, 0.15) is 6.10 Å². The van der Waals surface area contributed by atoms with Gasteiger partial charge in [-0.05, 0) is 30.6 Å². The highest BCUT2D eigenvalue weighted by Crippen LogP contribution is 2.35. The Bertz CT molecular complexity index is 552. The van der Waals surface area contributed by atoms with E-state index in [1.54, 1.807) is 24.3 Å². The van der Waals surface area contributed by atoms with Crippen molar-refractivity contribution >= 4 is 11.8 Å². The van der Waals surface area contributed by atoms with Crippen LogP contribution in [0.2, 0.25) is 0 Å². The first-order valence-electron chi connectivity index (χ1n) is 8.76. The first-order valence-corrected chi connectivity index (χ1v) is 8.76. The monoisotopic (exact) mass is 332 g/mol. The van der Waals surface area contributed by atoms with Crippen molar-refractivity contribution in [1.29, 1.82) is 0 Å². The second kappa shape index (κ2) is 8.43. The summed E-state index contributed by atoms with van der Waals surface area (Å²) in [6.45, 7) is 6.50. The molecule has 0 heterocycles. The number of esters is 1. The van der Waals surface area contributed by atoms with Crippen LogP contribution in [-0.4, -0.2) is 31.1 Å². The highest BCUT2D eigenvalue weighted by atomic mass is 16.6. The second-order valence-electron chi connectivity index (χ2n) is 7.15. The molecule has 0 amide bonds. The average molecular weight is 332 g/mol. The van der Waals surface area contributed by atoms with E-state index in [0.29, 0.717) is 23.3 Å². The van der Waals surface area contributed by atoms with Crippen LogP contribution >= 0.6 is 0 Å². The zero-order valence-electron chi connectivity index (χ0n) is 15.0. The lowest BCUT2D eigenvalue weighted by atomic mass is 9.75. The third-order valence-electron chi connectivity index (χ3n) is 4.98. The molecule has 0 aromatic heterocycles. The van der Waals surface area contributed by atoms with Crippen molar-refractivity contribution in [3.05, 3.63) is 35.9 Å². The number of ketones is 1. The van der Waals surface area contributed by atoms with Crippen LogP contribution in [0.3, 0.4) is 0 Å². The molecule has 4 unspecified atom stereocenters. The van der Waals surface area contributed by atoms with Crippen molar-refractivity contribution in [1.82, 2.24) is 0 Å². The first kappa shape index (κ1) is 18.7. The molecule has 0 spiro atoms. The molecule has 0 N–H and O–H groups in total. The largest absolute Gasteiger partial charge is 0.460 e. The highest BCUT2D eigenvalue weighted by Gasteiger charge is 2.37. The van der Waals surface area contributed by atoms with E-state index in [-0.39, 0.29) is 11.9 Å². The van der Waals surface area contributed by atoms with Gasteiger partial charge in [0.15, 0.2) is 0 Å². The SMILES string of the molecule is COC(C(=O)OC1CC(C)CCC1C(C)C)C(=O)c1ccccc1. The van der Waals surface area contributed by atoms with Crippen molar-refractivity contribution in [2.75, 3.05) is 7.11 Å². The molecule has 4 atom stereocenters. The van der Waals surface area contributed by atoms with Crippen LogP contribution in [0, 0.1) is 17.8 Å². The van der Waals surface area contributed by atoms with Gasteiger partial charge in [0.2, 0.25) is 11.9 Å². The number of methoxy groups -OCH3 is 1. The third kappa shape index (κ3) is 4.44. The van der Waals surface area contributed by atoms with E-state index in [2.05, 4.69) is 20.8 Å². The molecule has 132 valence electrons. The van der Waals surface area contributed by atoms with E-state index in [9.17, 15) is 9.59 Å². The summed E-state index contributed by atoms with van der Waals surface area (Å²) in [7, 11) is 1.37. The molecule has 0 bridgehead atoms. The van der Waals surface area contributed by atoms with E-state index in [1.165, 1.54) is 7.11 Å². The Morgan fingerprint density at radius 1 is 1.12 bits per heavy atom. The van der Waals surface area contributed by atoms with Crippen molar-refractivity contribution in [2.45, 2.75) is 52.2 Å². The summed E-state index contributed by atoms with van der Waals surface area (Å²) in [5.74, 6) is 0.392. The fourth-order valence-electron chi connectivity index (χ4n) is 3.53. The molecule has 1 aliphatic rings. The molecule has 24 heavy (non-hydrogen) atoms. The predicted molar refractivity (Wildman–Crippen MR) is 92.8 cm³/mol. The summed E-state index contributed by atoms with van der Waals surface area (Å²) in [6, 6.07) is 8.72. The van der Waals surface area contributed by atoms with Crippen LogP contribution in [0.15, 0.2) is 30.3 Å². The van der Waals surface area contributed by atoms with Gasteiger partial charge in [0.05, 0.1) is 0 Å². The molecule has 1 aliphatic carbocycles. The van der Waals surface area contributed by atoms with Gasteiger partial charge in [0.25, 0.3) is 0 Å². The number of hydrogen-bond donors (Lipinski definition) is 0. The van der Waals surface area contributed by atoms with Gasteiger partial charge < -0.3 is 9.47 Å². The summed E-state index contributed by atoms with van der Waals surface area (Å²) in [6.07, 6.45) is 1.74. The maximum atomic E-state index is 12.6. The number of ether oxygens (including phenoxy) is 2. The standard InChI is InChI=1S/C20H28O4/c1-13(2)16-11-10-14(3)12-17(16)24-20(22)19(23-4)18(21)15-8-6-5-7-9-15/h5-9,13-14,16-17,19H,10-12H2,1-4H3. The summed E-state index contributed by atoms with van der Waals surface area (Å²) < 4.78 is 10.9. The van der Waals surface area contributed by atoms with Crippen LogP contribution in [0.1, 0.15) is 50.4 Å². The molecule has 1 saturated carbocycles. The Labute approximate surface area is 144 Å². The Balaban J connectivity index is 2.09. The third-order valence-corrected chi connectivity index (χ3v) is 4.98. The summed E-state index contributed by atoms with van der Waals surface area (Å²) in [4.78, 5) is 25.1. The lowest BCUT2D eigenvalue weighted by Crippen LogP contribution is -2.41. The summed E-state index contributed by atoms with van der Waals surface area (Å²) >= 11 is 0. The van der Waals surface area contributed by atoms with Crippen LogP contribution in [0.5, 0.6) is 0 Å². The minimum absolute atomic E-state index is 0.137. The topological polar surface area (TPSA) is 52.6 Å². The fraction of sp³-hybridized carbons (Fsp3) is 0.600. The van der Waals surface area contributed by atoms with Gasteiger partial charge in [-0.3, -0.25) is 4.79 Å². The number of hydrogen-bond acceptors (Lipinski definition) is 4. The van der Waals surface area contributed by atoms with Gasteiger partial charge >= 0.3 is 5.97 Å². The minimum Gasteiger partial charge on any atom is -0.460 e. The van der Waals surface area contributed by atoms with Crippen LogP contribution in [0.4, 0.5) is 0 Å². The van der Waals surface area contributed by atoms with E-state index in [4.69, 9.17) is 9.47 Å². The number of Topliss-reactive ketones (excluding diaryl/α,β-unsaturated/α-hetero) is 1. The molecule has 1 aromatic rings. The number of carbonyl (C=O) groups excluding carboxylic acids is 2. The quantitative estimate of drug-likeness (QED) is 0.450. The molecule has 0 saturated heterocycles. The second-order valence-corrected chi connectivity index (χ2v) is 7.15.